The number of primary amides is 1. The van der Waals surface area contributed by atoms with Crippen LogP contribution in [0.4, 0.5) is 31.7 Å². The van der Waals surface area contributed by atoms with Crippen LogP contribution in [0.3, 0.4) is 0 Å². The number of pyridine rings is 1. The summed E-state index contributed by atoms with van der Waals surface area (Å²) >= 11 is 0. The highest BCUT2D eigenvalue weighted by molar-refractivity contribution is 5.79. The topological polar surface area (TPSA) is 95.3 Å². The average molecular weight is 453 g/mol. The van der Waals surface area contributed by atoms with Crippen LogP contribution in [0.2, 0.25) is 0 Å². The SMILES string of the molecule is NC(=O)Cc1cnc(Nc2ccc(N3CCNCC3)cc2)cc1NCc1cc(F)cc(F)c1. The summed E-state index contributed by atoms with van der Waals surface area (Å²) in [5, 5.41) is 9.73. The van der Waals surface area contributed by atoms with Gasteiger partial charge in [-0.25, -0.2) is 13.8 Å². The molecule has 172 valence electrons. The second-order valence-electron chi connectivity index (χ2n) is 7.91. The number of nitrogens with zero attached hydrogens (tertiary/aromatic N) is 2. The summed E-state index contributed by atoms with van der Waals surface area (Å²) in [6, 6.07) is 13.2. The van der Waals surface area contributed by atoms with Crippen molar-refractivity contribution in [2.45, 2.75) is 13.0 Å². The Labute approximate surface area is 191 Å². The largest absolute Gasteiger partial charge is 0.381 e. The van der Waals surface area contributed by atoms with E-state index in [-0.39, 0.29) is 13.0 Å². The molecule has 1 aliphatic heterocycles. The Morgan fingerprint density at radius 2 is 1.76 bits per heavy atom. The Hall–Kier alpha value is -3.72. The lowest BCUT2D eigenvalue weighted by Gasteiger charge is -2.29. The molecule has 5 N–H and O–H groups in total. The zero-order chi connectivity index (χ0) is 23.2. The zero-order valence-electron chi connectivity index (χ0n) is 18.1. The molecule has 2 aromatic carbocycles. The minimum Gasteiger partial charge on any atom is -0.381 e. The maximum Gasteiger partial charge on any atom is 0.221 e. The number of hydrogen-bond acceptors (Lipinski definition) is 6. The Morgan fingerprint density at radius 3 is 2.42 bits per heavy atom. The molecule has 33 heavy (non-hydrogen) atoms. The smallest absolute Gasteiger partial charge is 0.221 e. The lowest BCUT2D eigenvalue weighted by Crippen LogP contribution is -2.43. The lowest BCUT2D eigenvalue weighted by atomic mass is 10.1. The van der Waals surface area contributed by atoms with Crippen LogP contribution < -0.4 is 26.6 Å². The van der Waals surface area contributed by atoms with Crippen molar-refractivity contribution in [1.29, 1.82) is 0 Å². The van der Waals surface area contributed by atoms with Gasteiger partial charge in [0.1, 0.15) is 17.5 Å². The number of rotatable bonds is 8. The molecule has 9 heteroatoms. The molecule has 1 aromatic heterocycles. The fourth-order valence-electron chi connectivity index (χ4n) is 3.78. The second-order valence-corrected chi connectivity index (χ2v) is 7.91. The first-order valence-corrected chi connectivity index (χ1v) is 10.7. The molecule has 3 aromatic rings. The van der Waals surface area contributed by atoms with Crippen LogP contribution in [0, 0.1) is 11.6 Å². The Balaban J connectivity index is 1.49. The Bertz CT molecular complexity index is 1100. The highest BCUT2D eigenvalue weighted by atomic mass is 19.1. The standard InChI is InChI=1S/C24H26F2N6O/c25-18-9-16(10-19(26)12-18)14-29-22-13-24(30-15-17(22)11-23(27)33)31-20-1-3-21(4-2-20)32-7-5-28-6-8-32/h1-4,9-10,12-13,15,28H,5-8,11,14H2,(H2,27,33)(H2,29,30,31). The van der Waals surface area contributed by atoms with E-state index < -0.39 is 17.5 Å². The molecule has 7 nitrogen and oxygen atoms in total. The fraction of sp³-hybridized carbons (Fsp3) is 0.250. The molecule has 2 heterocycles. The molecule has 1 fully saturated rings. The summed E-state index contributed by atoms with van der Waals surface area (Å²) in [5.41, 5.74) is 9.03. The van der Waals surface area contributed by atoms with Gasteiger partial charge in [0.25, 0.3) is 0 Å². The van der Waals surface area contributed by atoms with Crippen molar-refractivity contribution in [1.82, 2.24) is 10.3 Å². The van der Waals surface area contributed by atoms with E-state index in [0.717, 1.165) is 43.6 Å². The van der Waals surface area contributed by atoms with E-state index >= 15 is 0 Å². The number of nitrogens with one attached hydrogen (secondary N) is 3. The zero-order valence-corrected chi connectivity index (χ0v) is 18.1. The van der Waals surface area contributed by atoms with Gasteiger partial charge in [0.2, 0.25) is 5.91 Å². The summed E-state index contributed by atoms with van der Waals surface area (Å²) in [5.74, 6) is -1.23. The van der Waals surface area contributed by atoms with Crippen LogP contribution in [-0.2, 0) is 17.8 Å². The molecule has 1 amide bonds. The molecule has 0 radical (unpaired) electrons. The van der Waals surface area contributed by atoms with Crippen molar-refractivity contribution in [3.8, 4) is 0 Å². The Morgan fingerprint density at radius 1 is 1.06 bits per heavy atom. The number of carbonyl (C=O) groups is 1. The third kappa shape index (κ3) is 6.17. The molecule has 0 spiro atoms. The molecule has 0 atom stereocenters. The predicted octanol–water partition coefficient (Wildman–Crippen LogP) is 3.15. The van der Waals surface area contributed by atoms with E-state index in [9.17, 15) is 13.6 Å². The molecule has 1 aliphatic rings. The lowest BCUT2D eigenvalue weighted by molar-refractivity contribution is -0.117. The van der Waals surface area contributed by atoms with Crippen LogP contribution in [0.25, 0.3) is 0 Å². The number of hydrogen-bond donors (Lipinski definition) is 4. The van der Waals surface area contributed by atoms with Gasteiger partial charge in [-0.1, -0.05) is 0 Å². The van der Waals surface area contributed by atoms with Gasteiger partial charge in [0, 0.05) is 73.7 Å². The highest BCUT2D eigenvalue weighted by Gasteiger charge is 2.12. The number of anilines is 4. The van der Waals surface area contributed by atoms with Crippen molar-refractivity contribution >= 4 is 28.8 Å². The number of nitrogens with two attached hydrogens (primary N) is 1. The fourth-order valence-corrected chi connectivity index (χ4v) is 3.78. The minimum absolute atomic E-state index is 0.00743. The second kappa shape index (κ2) is 10.3. The molecule has 0 saturated carbocycles. The van der Waals surface area contributed by atoms with E-state index in [1.807, 2.05) is 12.1 Å². The van der Waals surface area contributed by atoms with Crippen molar-refractivity contribution in [3.05, 3.63) is 77.5 Å². The number of aromatic nitrogens is 1. The average Bonchev–Trinajstić information content (AvgIpc) is 2.79. The molecule has 0 unspecified atom stereocenters. The number of piperazine rings is 1. The monoisotopic (exact) mass is 452 g/mol. The first-order chi connectivity index (χ1) is 16.0. The number of carbonyl (C=O) groups excluding carboxylic acids is 1. The third-order valence-corrected chi connectivity index (χ3v) is 5.38. The van der Waals surface area contributed by atoms with Crippen LogP contribution in [-0.4, -0.2) is 37.1 Å². The molecule has 4 rings (SSSR count). The Kier molecular flexibility index (Phi) is 6.99. The van der Waals surface area contributed by atoms with Crippen LogP contribution in [0.15, 0.2) is 54.7 Å². The van der Waals surface area contributed by atoms with E-state index in [1.54, 1.807) is 12.3 Å². The summed E-state index contributed by atoms with van der Waals surface area (Å²) in [7, 11) is 0. The van der Waals surface area contributed by atoms with E-state index in [4.69, 9.17) is 5.73 Å². The predicted molar refractivity (Wildman–Crippen MR) is 126 cm³/mol. The summed E-state index contributed by atoms with van der Waals surface area (Å²) in [4.78, 5) is 18.2. The van der Waals surface area contributed by atoms with Gasteiger partial charge in [-0.05, 0) is 42.0 Å². The van der Waals surface area contributed by atoms with Crippen LogP contribution in [0.5, 0.6) is 0 Å². The van der Waals surface area contributed by atoms with Gasteiger partial charge in [0.15, 0.2) is 0 Å². The summed E-state index contributed by atoms with van der Waals surface area (Å²) in [6.07, 6.45) is 1.56. The maximum absolute atomic E-state index is 13.5. The quantitative estimate of drug-likeness (QED) is 0.420. The highest BCUT2D eigenvalue weighted by Crippen LogP contribution is 2.25. The molecule has 0 bridgehead atoms. The van der Waals surface area contributed by atoms with Crippen LogP contribution >= 0.6 is 0 Å². The van der Waals surface area contributed by atoms with Gasteiger partial charge < -0.3 is 26.6 Å². The van der Waals surface area contributed by atoms with Gasteiger partial charge in [-0.2, -0.15) is 0 Å². The normalized spacial score (nSPS) is 13.6. The number of benzene rings is 2. The maximum atomic E-state index is 13.5. The first kappa shape index (κ1) is 22.5. The van der Waals surface area contributed by atoms with Gasteiger partial charge >= 0.3 is 0 Å². The van der Waals surface area contributed by atoms with Gasteiger partial charge in [-0.15, -0.1) is 0 Å². The van der Waals surface area contributed by atoms with E-state index in [2.05, 4.69) is 38.0 Å². The van der Waals surface area contributed by atoms with E-state index in [1.165, 1.54) is 12.1 Å². The number of halogens is 2. The molecular weight excluding hydrogens is 426 g/mol. The van der Waals surface area contributed by atoms with Crippen molar-refractivity contribution < 1.29 is 13.6 Å². The first-order valence-electron chi connectivity index (χ1n) is 10.7. The summed E-state index contributed by atoms with van der Waals surface area (Å²) in [6.45, 7) is 4.06. The number of amides is 1. The molecule has 0 aliphatic carbocycles. The van der Waals surface area contributed by atoms with Crippen LogP contribution in [0.1, 0.15) is 11.1 Å². The third-order valence-electron chi connectivity index (χ3n) is 5.38. The van der Waals surface area contributed by atoms with Gasteiger partial charge in [-0.3, -0.25) is 4.79 Å². The minimum atomic E-state index is -0.648. The van der Waals surface area contributed by atoms with Crippen molar-refractivity contribution in [3.63, 3.8) is 0 Å². The van der Waals surface area contributed by atoms with Crippen molar-refractivity contribution in [2.24, 2.45) is 5.73 Å². The van der Waals surface area contributed by atoms with Gasteiger partial charge in [0.05, 0.1) is 6.42 Å². The summed E-state index contributed by atoms with van der Waals surface area (Å²) < 4.78 is 27.0. The van der Waals surface area contributed by atoms with E-state index in [0.29, 0.717) is 22.6 Å². The molecule has 1 saturated heterocycles. The molecular formula is C24H26F2N6O. The van der Waals surface area contributed by atoms with Crippen molar-refractivity contribution in [2.75, 3.05) is 41.7 Å².